The highest BCUT2D eigenvalue weighted by Crippen LogP contribution is 2.37. The van der Waals surface area contributed by atoms with Gasteiger partial charge in [0.15, 0.2) is 0 Å². The Morgan fingerprint density at radius 1 is 1.20 bits per heavy atom. The van der Waals surface area contributed by atoms with Crippen molar-refractivity contribution in [2.75, 3.05) is 26.7 Å². The zero-order chi connectivity index (χ0) is 25.3. The van der Waals surface area contributed by atoms with Crippen LogP contribution in [0.2, 0.25) is 0 Å². The Labute approximate surface area is 206 Å². The fourth-order valence-corrected chi connectivity index (χ4v) is 6.42. The fraction of sp³-hybridized carbons (Fsp3) is 0.500. The normalized spacial score (nSPS) is 23.2. The number of benzene rings is 2. The van der Waals surface area contributed by atoms with Crippen molar-refractivity contribution in [1.82, 2.24) is 9.21 Å². The van der Waals surface area contributed by atoms with Gasteiger partial charge in [0, 0.05) is 31.5 Å². The van der Waals surface area contributed by atoms with E-state index in [4.69, 9.17) is 4.74 Å². The Bertz CT molecular complexity index is 1170. The molecule has 2 aliphatic rings. The van der Waals surface area contributed by atoms with Crippen molar-refractivity contribution in [2.24, 2.45) is 11.8 Å². The van der Waals surface area contributed by atoms with Crippen molar-refractivity contribution in [2.45, 2.75) is 50.2 Å². The molecule has 0 aromatic heterocycles. The van der Waals surface area contributed by atoms with Crippen LogP contribution in [0.4, 0.5) is 4.39 Å². The number of nitrogens with zero attached hydrogens (tertiary/aromatic N) is 2. The van der Waals surface area contributed by atoms with Gasteiger partial charge in [-0.1, -0.05) is 31.5 Å². The van der Waals surface area contributed by atoms with Gasteiger partial charge in [0.2, 0.25) is 15.9 Å². The highest BCUT2D eigenvalue weighted by molar-refractivity contribution is 7.89. The number of sulfonamides is 1. The summed E-state index contributed by atoms with van der Waals surface area (Å²) in [6, 6.07) is 10.1. The third-order valence-electron chi connectivity index (χ3n) is 7.13. The second-order valence-electron chi connectivity index (χ2n) is 9.75. The van der Waals surface area contributed by atoms with Crippen molar-refractivity contribution < 1.29 is 27.4 Å². The summed E-state index contributed by atoms with van der Waals surface area (Å²) < 4.78 is 48.3. The van der Waals surface area contributed by atoms with Crippen molar-refractivity contribution in [3.63, 3.8) is 0 Å². The first-order valence-electron chi connectivity index (χ1n) is 12.1. The van der Waals surface area contributed by atoms with Gasteiger partial charge in [0.05, 0.1) is 13.2 Å². The molecule has 4 rings (SSSR count). The van der Waals surface area contributed by atoms with Crippen LogP contribution in [-0.4, -0.2) is 67.5 Å². The summed E-state index contributed by atoms with van der Waals surface area (Å²) in [6.07, 6.45) is 2.39. The summed E-state index contributed by atoms with van der Waals surface area (Å²) in [5.74, 6) is -0.295. The van der Waals surface area contributed by atoms with E-state index >= 15 is 0 Å². The molecule has 7 nitrogen and oxygen atoms in total. The van der Waals surface area contributed by atoms with E-state index in [1.165, 1.54) is 22.5 Å². The summed E-state index contributed by atoms with van der Waals surface area (Å²) in [5.41, 5.74) is 1.41. The van der Waals surface area contributed by atoms with E-state index in [9.17, 15) is 22.7 Å². The second kappa shape index (κ2) is 10.2. The average molecular weight is 505 g/mol. The Morgan fingerprint density at radius 3 is 2.46 bits per heavy atom. The third kappa shape index (κ3) is 5.22. The molecule has 1 aliphatic carbocycles. The summed E-state index contributed by atoms with van der Waals surface area (Å²) >= 11 is 0. The van der Waals surface area contributed by atoms with Crippen LogP contribution in [0, 0.1) is 17.7 Å². The molecule has 190 valence electrons. The van der Waals surface area contributed by atoms with Gasteiger partial charge in [-0.25, -0.2) is 12.8 Å². The molecule has 9 heteroatoms. The number of likely N-dealkylation sites (N-methyl/N-ethyl adjacent to an activating group) is 1. The van der Waals surface area contributed by atoms with E-state index < -0.39 is 22.2 Å². The number of ether oxygens (including phenoxy) is 1. The molecule has 0 bridgehead atoms. The number of fused-ring (bicyclic) bond motifs is 1. The number of carbonyl (C=O) groups excluding carboxylic acids is 1. The van der Waals surface area contributed by atoms with Crippen molar-refractivity contribution in [3.8, 4) is 16.9 Å². The molecule has 35 heavy (non-hydrogen) atoms. The van der Waals surface area contributed by atoms with Gasteiger partial charge in [-0.05, 0) is 55.2 Å². The van der Waals surface area contributed by atoms with E-state index in [1.807, 2.05) is 6.92 Å². The standard InChI is InChI=1S/C26H33FN2O5S/c1-17-14-29(18(2)16-30)35(32,33)25-12-9-21(19-7-10-22(27)11-8-19)13-23(25)34-24(17)15-28(3)26(31)20-5-4-6-20/h7-13,17-18,20,24,30H,4-6,14-16H2,1-3H3/t17-,18-,24-/m0/s1. The number of halogens is 1. The van der Waals surface area contributed by atoms with Crippen LogP contribution in [0.5, 0.6) is 5.75 Å². The molecule has 1 saturated carbocycles. The summed E-state index contributed by atoms with van der Waals surface area (Å²) in [7, 11) is -2.20. The van der Waals surface area contributed by atoms with Crippen LogP contribution >= 0.6 is 0 Å². The molecule has 2 aromatic rings. The molecule has 1 aliphatic heterocycles. The first-order chi connectivity index (χ1) is 16.6. The van der Waals surface area contributed by atoms with Gasteiger partial charge in [0.1, 0.15) is 22.6 Å². The number of aliphatic hydroxyl groups excluding tert-OH is 1. The molecule has 0 saturated heterocycles. The minimum atomic E-state index is -3.96. The Hall–Kier alpha value is -2.49. The predicted molar refractivity (Wildman–Crippen MR) is 131 cm³/mol. The van der Waals surface area contributed by atoms with Crippen LogP contribution in [-0.2, 0) is 14.8 Å². The molecule has 0 spiro atoms. The molecule has 0 radical (unpaired) electrons. The van der Waals surface area contributed by atoms with Crippen molar-refractivity contribution in [1.29, 1.82) is 0 Å². The van der Waals surface area contributed by atoms with E-state index in [-0.39, 0.29) is 47.4 Å². The largest absolute Gasteiger partial charge is 0.487 e. The van der Waals surface area contributed by atoms with Gasteiger partial charge >= 0.3 is 0 Å². The minimum Gasteiger partial charge on any atom is -0.487 e. The molecule has 1 N–H and O–H groups in total. The van der Waals surface area contributed by atoms with Crippen LogP contribution in [0.15, 0.2) is 47.4 Å². The smallest absolute Gasteiger partial charge is 0.247 e. The first-order valence-corrected chi connectivity index (χ1v) is 13.5. The Morgan fingerprint density at radius 2 is 1.86 bits per heavy atom. The number of amides is 1. The summed E-state index contributed by atoms with van der Waals surface area (Å²) in [6.45, 7) is 3.71. The zero-order valence-corrected chi connectivity index (χ0v) is 21.2. The number of hydrogen-bond acceptors (Lipinski definition) is 5. The SMILES string of the molecule is C[C@H]1CN([C@@H](C)CO)S(=O)(=O)c2ccc(-c3ccc(F)cc3)cc2O[C@H]1CN(C)C(=O)C1CCC1. The quantitative estimate of drug-likeness (QED) is 0.651. The van der Waals surface area contributed by atoms with Crippen LogP contribution in [0.3, 0.4) is 0 Å². The molecule has 3 atom stereocenters. The Balaban J connectivity index is 1.74. The number of rotatable bonds is 6. The molecule has 0 unspecified atom stereocenters. The lowest BCUT2D eigenvalue weighted by molar-refractivity contribution is -0.138. The molecular weight excluding hydrogens is 471 g/mol. The summed E-state index contributed by atoms with van der Waals surface area (Å²) in [5, 5.41) is 9.79. The van der Waals surface area contributed by atoms with Crippen molar-refractivity contribution >= 4 is 15.9 Å². The van der Waals surface area contributed by atoms with Gasteiger partial charge < -0.3 is 14.7 Å². The molecular formula is C26H33FN2O5S. The maximum absolute atomic E-state index is 13.6. The molecule has 1 heterocycles. The summed E-state index contributed by atoms with van der Waals surface area (Å²) in [4.78, 5) is 14.5. The minimum absolute atomic E-state index is 0.00790. The number of hydrogen-bond donors (Lipinski definition) is 1. The molecule has 1 fully saturated rings. The van der Waals surface area contributed by atoms with Crippen molar-refractivity contribution in [3.05, 3.63) is 48.3 Å². The first kappa shape index (κ1) is 25.6. The average Bonchev–Trinajstić information content (AvgIpc) is 2.79. The predicted octanol–water partition coefficient (Wildman–Crippen LogP) is 3.52. The topological polar surface area (TPSA) is 87.2 Å². The fourth-order valence-electron chi connectivity index (χ4n) is 4.59. The highest BCUT2D eigenvalue weighted by Gasteiger charge is 2.39. The lowest BCUT2D eigenvalue weighted by atomic mass is 9.84. The van der Waals surface area contributed by atoms with Gasteiger partial charge in [-0.2, -0.15) is 4.31 Å². The van der Waals surface area contributed by atoms with Gasteiger partial charge in [-0.15, -0.1) is 0 Å². The van der Waals surface area contributed by atoms with E-state index in [1.54, 1.807) is 43.1 Å². The molecule has 1 amide bonds. The van der Waals surface area contributed by atoms with E-state index in [0.717, 1.165) is 24.8 Å². The number of aliphatic hydroxyl groups is 1. The van der Waals surface area contributed by atoms with Crippen LogP contribution in [0.25, 0.3) is 11.1 Å². The number of carbonyl (C=O) groups is 1. The zero-order valence-electron chi connectivity index (χ0n) is 20.4. The van der Waals surface area contributed by atoms with Gasteiger partial charge in [-0.3, -0.25) is 4.79 Å². The van der Waals surface area contributed by atoms with E-state index in [2.05, 4.69) is 0 Å². The van der Waals surface area contributed by atoms with Crippen LogP contribution < -0.4 is 4.74 Å². The lowest BCUT2D eigenvalue weighted by Crippen LogP contribution is -2.50. The van der Waals surface area contributed by atoms with Gasteiger partial charge in [0.25, 0.3) is 0 Å². The highest BCUT2D eigenvalue weighted by atomic mass is 32.2. The Kier molecular flexibility index (Phi) is 7.49. The van der Waals surface area contributed by atoms with Crippen LogP contribution in [0.1, 0.15) is 33.1 Å². The monoisotopic (exact) mass is 504 g/mol. The molecule has 2 aromatic carbocycles. The lowest BCUT2D eigenvalue weighted by Gasteiger charge is -2.38. The maximum atomic E-state index is 13.6. The second-order valence-corrected chi connectivity index (χ2v) is 11.6. The maximum Gasteiger partial charge on any atom is 0.247 e. The third-order valence-corrected chi connectivity index (χ3v) is 9.15. The van der Waals surface area contributed by atoms with E-state index in [0.29, 0.717) is 12.1 Å².